The molecule has 7 heteroatoms. The van der Waals surface area contributed by atoms with Crippen molar-refractivity contribution in [3.63, 3.8) is 0 Å². The number of hydrogen-bond acceptors (Lipinski definition) is 4. The standard InChI is InChI=1S/C18H18N2O5/c21-16(22)9-4-10-19-17(23)14(12-13-6-2-1-3-7-13)20-18(24)15-8-5-11-25-15/h1-3,5-8,11-12H,4,9-10H2,(H,19,23)(H,20,24)(H,21,22)/b14-12-. The Hall–Kier alpha value is -3.35. The van der Waals surface area contributed by atoms with E-state index in [1.165, 1.54) is 18.4 Å². The molecule has 0 unspecified atom stereocenters. The molecule has 7 nitrogen and oxygen atoms in total. The van der Waals surface area contributed by atoms with Gasteiger partial charge in [0.25, 0.3) is 11.8 Å². The lowest BCUT2D eigenvalue weighted by atomic mass is 10.2. The Morgan fingerprint density at radius 2 is 1.84 bits per heavy atom. The minimum atomic E-state index is -0.930. The van der Waals surface area contributed by atoms with Gasteiger partial charge in [-0.2, -0.15) is 0 Å². The second kappa shape index (κ2) is 9.07. The van der Waals surface area contributed by atoms with Crippen LogP contribution < -0.4 is 10.6 Å². The number of amides is 2. The van der Waals surface area contributed by atoms with E-state index >= 15 is 0 Å². The highest BCUT2D eigenvalue weighted by molar-refractivity contribution is 6.04. The van der Waals surface area contributed by atoms with Crippen LogP contribution in [0.15, 0.2) is 58.8 Å². The second-order valence-corrected chi connectivity index (χ2v) is 5.15. The van der Waals surface area contributed by atoms with Crippen LogP contribution in [0, 0.1) is 0 Å². The lowest BCUT2D eigenvalue weighted by Gasteiger charge is -2.10. The minimum Gasteiger partial charge on any atom is -0.481 e. The van der Waals surface area contributed by atoms with Crippen molar-refractivity contribution >= 4 is 23.9 Å². The largest absolute Gasteiger partial charge is 0.481 e. The number of hydrogen-bond donors (Lipinski definition) is 3. The first kappa shape index (κ1) is 18.0. The molecule has 2 amide bonds. The van der Waals surface area contributed by atoms with E-state index < -0.39 is 17.8 Å². The molecule has 0 aliphatic heterocycles. The van der Waals surface area contributed by atoms with Gasteiger partial charge >= 0.3 is 5.97 Å². The zero-order chi connectivity index (χ0) is 18.1. The van der Waals surface area contributed by atoms with Crippen LogP contribution in [0.2, 0.25) is 0 Å². The predicted molar refractivity (Wildman–Crippen MR) is 90.5 cm³/mol. The fourth-order valence-electron chi connectivity index (χ4n) is 2.00. The highest BCUT2D eigenvalue weighted by atomic mass is 16.4. The van der Waals surface area contributed by atoms with E-state index in [1.54, 1.807) is 18.2 Å². The number of rotatable bonds is 8. The smallest absolute Gasteiger partial charge is 0.303 e. The summed E-state index contributed by atoms with van der Waals surface area (Å²) in [5.41, 5.74) is 0.779. The Balaban J connectivity index is 2.08. The Kier molecular flexibility index (Phi) is 6.53. The molecule has 1 aromatic heterocycles. The van der Waals surface area contributed by atoms with E-state index in [0.717, 1.165) is 5.56 Å². The third-order valence-electron chi connectivity index (χ3n) is 3.20. The molecule has 0 bridgehead atoms. The van der Waals surface area contributed by atoms with Crippen LogP contribution in [0.1, 0.15) is 29.0 Å². The van der Waals surface area contributed by atoms with E-state index in [-0.39, 0.29) is 24.4 Å². The monoisotopic (exact) mass is 342 g/mol. The average Bonchev–Trinajstić information content (AvgIpc) is 3.13. The molecule has 1 aromatic carbocycles. The molecule has 0 spiro atoms. The van der Waals surface area contributed by atoms with Gasteiger partial charge in [-0.05, 0) is 30.2 Å². The number of nitrogens with one attached hydrogen (secondary N) is 2. The van der Waals surface area contributed by atoms with E-state index in [2.05, 4.69) is 10.6 Å². The molecule has 2 rings (SSSR count). The molecule has 130 valence electrons. The normalized spacial score (nSPS) is 11.0. The number of carboxylic acid groups (broad SMARTS) is 1. The van der Waals surface area contributed by atoms with Crippen LogP contribution in [0.3, 0.4) is 0 Å². The molecule has 0 saturated carbocycles. The van der Waals surface area contributed by atoms with E-state index in [0.29, 0.717) is 6.42 Å². The SMILES string of the molecule is O=C(O)CCCNC(=O)/C(=C/c1ccccc1)NC(=O)c1ccco1. The summed E-state index contributed by atoms with van der Waals surface area (Å²) in [5.74, 6) is -1.90. The van der Waals surface area contributed by atoms with Gasteiger partial charge in [0.05, 0.1) is 6.26 Å². The van der Waals surface area contributed by atoms with Gasteiger partial charge in [-0.25, -0.2) is 0 Å². The molecule has 0 aliphatic carbocycles. The molecule has 0 radical (unpaired) electrons. The van der Waals surface area contributed by atoms with Crippen molar-refractivity contribution in [2.75, 3.05) is 6.54 Å². The lowest BCUT2D eigenvalue weighted by molar-refractivity contribution is -0.137. The summed E-state index contributed by atoms with van der Waals surface area (Å²) in [4.78, 5) is 35.0. The molecule has 0 fully saturated rings. The maximum Gasteiger partial charge on any atom is 0.303 e. The van der Waals surface area contributed by atoms with Crippen LogP contribution in [0.25, 0.3) is 6.08 Å². The first-order valence-electron chi connectivity index (χ1n) is 7.68. The summed E-state index contributed by atoms with van der Waals surface area (Å²) in [6.07, 6.45) is 3.15. The number of furan rings is 1. The molecule has 0 saturated heterocycles. The van der Waals surface area contributed by atoms with E-state index in [4.69, 9.17) is 9.52 Å². The Morgan fingerprint density at radius 3 is 2.48 bits per heavy atom. The Bertz CT molecular complexity index is 751. The van der Waals surface area contributed by atoms with Gasteiger partial charge in [0, 0.05) is 13.0 Å². The predicted octanol–water partition coefficient (Wildman–Crippen LogP) is 2.03. The Morgan fingerprint density at radius 1 is 1.08 bits per heavy atom. The van der Waals surface area contributed by atoms with Crippen molar-refractivity contribution in [2.24, 2.45) is 0 Å². The van der Waals surface area contributed by atoms with Gasteiger partial charge < -0.3 is 20.2 Å². The third kappa shape index (κ3) is 5.98. The molecule has 3 N–H and O–H groups in total. The zero-order valence-corrected chi connectivity index (χ0v) is 13.4. The van der Waals surface area contributed by atoms with E-state index in [9.17, 15) is 14.4 Å². The van der Waals surface area contributed by atoms with Gasteiger partial charge in [-0.15, -0.1) is 0 Å². The summed E-state index contributed by atoms with van der Waals surface area (Å²) >= 11 is 0. The summed E-state index contributed by atoms with van der Waals surface area (Å²) in [7, 11) is 0. The van der Waals surface area contributed by atoms with Crippen LogP contribution in [0.4, 0.5) is 0 Å². The van der Waals surface area contributed by atoms with Gasteiger partial charge in [-0.3, -0.25) is 14.4 Å². The lowest BCUT2D eigenvalue weighted by Crippen LogP contribution is -2.35. The highest BCUT2D eigenvalue weighted by Gasteiger charge is 2.16. The summed E-state index contributed by atoms with van der Waals surface area (Å²) < 4.78 is 5.01. The quantitative estimate of drug-likeness (QED) is 0.502. The fraction of sp³-hybridized carbons (Fsp3) is 0.167. The molecular formula is C18H18N2O5. The Labute approximate surface area is 144 Å². The van der Waals surface area contributed by atoms with Crippen molar-refractivity contribution in [3.8, 4) is 0 Å². The zero-order valence-electron chi connectivity index (χ0n) is 13.4. The second-order valence-electron chi connectivity index (χ2n) is 5.15. The van der Waals surface area contributed by atoms with E-state index in [1.807, 2.05) is 18.2 Å². The topological polar surface area (TPSA) is 109 Å². The van der Waals surface area contributed by atoms with Crippen LogP contribution >= 0.6 is 0 Å². The number of carboxylic acids is 1. The maximum absolute atomic E-state index is 12.3. The summed E-state index contributed by atoms with van der Waals surface area (Å²) in [6.45, 7) is 0.188. The number of carbonyl (C=O) groups excluding carboxylic acids is 2. The van der Waals surface area contributed by atoms with Crippen LogP contribution in [0.5, 0.6) is 0 Å². The van der Waals surface area contributed by atoms with Crippen molar-refractivity contribution in [1.82, 2.24) is 10.6 Å². The molecule has 25 heavy (non-hydrogen) atoms. The first-order valence-corrected chi connectivity index (χ1v) is 7.68. The number of aliphatic carboxylic acids is 1. The molecular weight excluding hydrogens is 324 g/mol. The van der Waals surface area contributed by atoms with Gasteiger partial charge in [0.2, 0.25) is 0 Å². The summed E-state index contributed by atoms with van der Waals surface area (Å²) in [6, 6.07) is 12.1. The molecule has 2 aromatic rings. The van der Waals surface area contributed by atoms with Crippen molar-refractivity contribution < 1.29 is 23.9 Å². The highest BCUT2D eigenvalue weighted by Crippen LogP contribution is 2.07. The third-order valence-corrected chi connectivity index (χ3v) is 3.20. The van der Waals surface area contributed by atoms with Gasteiger partial charge in [0.1, 0.15) is 5.70 Å². The number of carbonyl (C=O) groups is 3. The average molecular weight is 342 g/mol. The van der Waals surface area contributed by atoms with Crippen molar-refractivity contribution in [3.05, 3.63) is 65.7 Å². The van der Waals surface area contributed by atoms with Crippen LogP contribution in [-0.4, -0.2) is 29.4 Å². The summed E-state index contributed by atoms with van der Waals surface area (Å²) in [5, 5.41) is 13.7. The van der Waals surface area contributed by atoms with Gasteiger partial charge in [-0.1, -0.05) is 30.3 Å². The minimum absolute atomic E-state index is 0.0444. The molecule has 1 heterocycles. The van der Waals surface area contributed by atoms with Gasteiger partial charge in [0.15, 0.2) is 5.76 Å². The van der Waals surface area contributed by atoms with Crippen molar-refractivity contribution in [2.45, 2.75) is 12.8 Å². The van der Waals surface area contributed by atoms with Crippen LogP contribution in [-0.2, 0) is 9.59 Å². The molecule has 0 aliphatic rings. The first-order chi connectivity index (χ1) is 12.1. The molecule has 0 atom stereocenters. The fourth-order valence-corrected chi connectivity index (χ4v) is 2.00. The van der Waals surface area contributed by atoms with Crippen molar-refractivity contribution in [1.29, 1.82) is 0 Å². The maximum atomic E-state index is 12.3. The number of benzene rings is 1.